The molecule has 0 spiro atoms. The predicted molar refractivity (Wildman–Crippen MR) is 130 cm³/mol. The number of rotatable bonds is 7. The average Bonchev–Trinajstić information content (AvgIpc) is 3.18. The van der Waals surface area contributed by atoms with E-state index in [0.29, 0.717) is 37.0 Å². The molecule has 7 nitrogen and oxygen atoms in total. The summed E-state index contributed by atoms with van der Waals surface area (Å²) in [6.07, 6.45) is 3.01. The third-order valence-electron chi connectivity index (χ3n) is 6.23. The zero-order valence-corrected chi connectivity index (χ0v) is 20.4. The number of para-hydroxylation sites is 1. The molecule has 1 amide bonds. The SMILES string of the molecule is CCOC(=O)C1CCCN(C(=O)Cn2cc(S(=O)(=O)Cc3cccc(C)c3)c3ccccc32)C1. The van der Waals surface area contributed by atoms with Gasteiger partial charge in [-0.05, 0) is 38.3 Å². The third kappa shape index (κ3) is 5.17. The van der Waals surface area contributed by atoms with Crippen molar-refractivity contribution in [1.82, 2.24) is 9.47 Å². The molecule has 4 rings (SSSR count). The summed E-state index contributed by atoms with van der Waals surface area (Å²) in [5.74, 6) is -0.832. The average molecular weight is 483 g/mol. The summed E-state index contributed by atoms with van der Waals surface area (Å²) in [6.45, 7) is 4.93. The van der Waals surface area contributed by atoms with E-state index in [1.54, 1.807) is 34.7 Å². The molecule has 1 aliphatic rings. The molecule has 0 N–H and O–H groups in total. The molecular weight excluding hydrogens is 452 g/mol. The minimum atomic E-state index is -3.63. The fourth-order valence-corrected chi connectivity index (χ4v) is 6.16. The van der Waals surface area contributed by atoms with Gasteiger partial charge in [0, 0.05) is 30.2 Å². The molecule has 8 heteroatoms. The number of nitrogens with zero attached hydrogens (tertiary/aromatic N) is 2. The quantitative estimate of drug-likeness (QED) is 0.479. The first-order valence-corrected chi connectivity index (χ1v) is 13.2. The molecule has 0 saturated carbocycles. The number of aromatic nitrogens is 1. The highest BCUT2D eigenvalue weighted by molar-refractivity contribution is 7.90. The Labute approximate surface area is 200 Å². The molecule has 180 valence electrons. The summed E-state index contributed by atoms with van der Waals surface area (Å²) in [5, 5.41) is 0.603. The van der Waals surface area contributed by atoms with Crippen molar-refractivity contribution in [2.75, 3.05) is 19.7 Å². The van der Waals surface area contributed by atoms with Crippen molar-refractivity contribution in [1.29, 1.82) is 0 Å². The van der Waals surface area contributed by atoms with Crippen molar-refractivity contribution >= 4 is 32.6 Å². The van der Waals surface area contributed by atoms with Gasteiger partial charge in [-0.2, -0.15) is 0 Å². The van der Waals surface area contributed by atoms with Gasteiger partial charge in [0.15, 0.2) is 9.84 Å². The summed E-state index contributed by atoms with van der Waals surface area (Å²) in [4.78, 5) is 27.2. The number of amides is 1. The second-order valence-corrected chi connectivity index (χ2v) is 10.8. The monoisotopic (exact) mass is 482 g/mol. The maximum absolute atomic E-state index is 13.3. The number of aryl methyl sites for hydroxylation is 1. The number of esters is 1. The summed E-state index contributed by atoms with van der Waals surface area (Å²) in [5.41, 5.74) is 2.42. The molecule has 1 aliphatic heterocycles. The number of ether oxygens (including phenoxy) is 1. The van der Waals surface area contributed by atoms with Gasteiger partial charge >= 0.3 is 5.97 Å². The summed E-state index contributed by atoms with van der Waals surface area (Å²) < 4.78 is 33.5. The van der Waals surface area contributed by atoms with Crippen LogP contribution in [-0.4, -0.2) is 49.5 Å². The van der Waals surface area contributed by atoms with Crippen LogP contribution in [0.4, 0.5) is 0 Å². The van der Waals surface area contributed by atoms with Gasteiger partial charge < -0.3 is 14.2 Å². The lowest BCUT2D eigenvalue weighted by Gasteiger charge is -2.31. The maximum Gasteiger partial charge on any atom is 0.310 e. The minimum absolute atomic E-state index is 0.00994. The van der Waals surface area contributed by atoms with Gasteiger partial charge in [0.1, 0.15) is 6.54 Å². The van der Waals surface area contributed by atoms with Crippen LogP contribution in [0, 0.1) is 12.8 Å². The lowest BCUT2D eigenvalue weighted by molar-refractivity contribution is -0.151. The van der Waals surface area contributed by atoms with Crippen LogP contribution in [0.3, 0.4) is 0 Å². The van der Waals surface area contributed by atoms with E-state index in [1.165, 1.54) is 0 Å². The standard InChI is InChI=1S/C26H30N2O5S/c1-3-33-26(30)21-10-7-13-27(15-21)25(29)17-28-16-24(22-11-4-5-12-23(22)28)34(31,32)18-20-9-6-8-19(2)14-20/h4-6,8-9,11-12,14,16,21H,3,7,10,13,15,17-18H2,1-2H3. The van der Waals surface area contributed by atoms with Gasteiger partial charge in [0.2, 0.25) is 5.91 Å². The zero-order chi connectivity index (χ0) is 24.3. The van der Waals surface area contributed by atoms with Crippen molar-refractivity contribution in [2.24, 2.45) is 5.92 Å². The number of hydrogen-bond acceptors (Lipinski definition) is 5. The molecule has 0 radical (unpaired) electrons. The number of fused-ring (bicyclic) bond motifs is 1. The van der Waals surface area contributed by atoms with Crippen molar-refractivity contribution in [3.63, 3.8) is 0 Å². The number of likely N-dealkylation sites (tertiary alicyclic amines) is 1. The number of carbonyl (C=O) groups is 2. The number of hydrogen-bond donors (Lipinski definition) is 0. The van der Waals surface area contributed by atoms with Crippen LogP contribution < -0.4 is 0 Å². The molecular formula is C26H30N2O5S. The minimum Gasteiger partial charge on any atom is -0.466 e. The molecule has 34 heavy (non-hydrogen) atoms. The Morgan fingerprint density at radius 1 is 1.12 bits per heavy atom. The smallest absolute Gasteiger partial charge is 0.310 e. The third-order valence-corrected chi connectivity index (χ3v) is 7.93. The van der Waals surface area contributed by atoms with Crippen LogP contribution in [0.5, 0.6) is 0 Å². The van der Waals surface area contributed by atoms with Gasteiger partial charge in [-0.15, -0.1) is 0 Å². The van der Waals surface area contributed by atoms with E-state index >= 15 is 0 Å². The van der Waals surface area contributed by atoms with Crippen LogP contribution in [0.2, 0.25) is 0 Å². The Kier molecular flexibility index (Phi) is 7.07. The lowest BCUT2D eigenvalue weighted by Crippen LogP contribution is -2.44. The molecule has 1 saturated heterocycles. The molecule has 0 bridgehead atoms. The summed E-state index contributed by atoms with van der Waals surface area (Å²) >= 11 is 0. The largest absolute Gasteiger partial charge is 0.466 e. The van der Waals surface area contributed by atoms with E-state index in [9.17, 15) is 18.0 Å². The van der Waals surface area contributed by atoms with Gasteiger partial charge in [-0.3, -0.25) is 9.59 Å². The Balaban J connectivity index is 1.58. The first kappa shape index (κ1) is 24.0. The molecule has 1 unspecified atom stereocenters. The molecule has 3 aromatic rings. The van der Waals surface area contributed by atoms with Crippen LogP contribution in [0.15, 0.2) is 59.6 Å². The van der Waals surface area contributed by atoms with E-state index in [0.717, 1.165) is 17.5 Å². The topological polar surface area (TPSA) is 85.7 Å². The second kappa shape index (κ2) is 10.0. The molecule has 1 aromatic heterocycles. The highest BCUT2D eigenvalue weighted by Crippen LogP contribution is 2.29. The van der Waals surface area contributed by atoms with E-state index in [4.69, 9.17) is 4.74 Å². The van der Waals surface area contributed by atoms with Crippen molar-refractivity contribution in [2.45, 2.75) is 43.9 Å². The highest BCUT2D eigenvalue weighted by atomic mass is 32.2. The van der Waals surface area contributed by atoms with Crippen LogP contribution in [0.1, 0.15) is 30.9 Å². The Morgan fingerprint density at radius 3 is 2.68 bits per heavy atom. The van der Waals surface area contributed by atoms with Gasteiger partial charge in [-0.25, -0.2) is 8.42 Å². The van der Waals surface area contributed by atoms with E-state index in [-0.39, 0.29) is 35.0 Å². The maximum atomic E-state index is 13.3. The van der Waals surface area contributed by atoms with E-state index < -0.39 is 9.84 Å². The number of benzene rings is 2. The highest BCUT2D eigenvalue weighted by Gasteiger charge is 2.30. The normalized spacial score (nSPS) is 16.5. The van der Waals surface area contributed by atoms with Gasteiger partial charge in [0.25, 0.3) is 0 Å². The Morgan fingerprint density at radius 2 is 1.91 bits per heavy atom. The first-order valence-electron chi connectivity index (χ1n) is 11.6. The number of sulfone groups is 1. The van der Waals surface area contributed by atoms with Gasteiger partial charge in [-0.1, -0.05) is 48.0 Å². The van der Waals surface area contributed by atoms with Crippen LogP contribution in [0.25, 0.3) is 10.9 Å². The van der Waals surface area contributed by atoms with Gasteiger partial charge in [0.05, 0.1) is 23.2 Å². The Bertz CT molecular complexity index is 1310. The first-order chi connectivity index (χ1) is 16.3. The molecule has 2 aromatic carbocycles. The molecule has 2 heterocycles. The van der Waals surface area contributed by atoms with E-state index in [2.05, 4.69) is 0 Å². The van der Waals surface area contributed by atoms with Crippen LogP contribution >= 0.6 is 0 Å². The predicted octanol–water partition coefficient (Wildman–Crippen LogP) is 3.73. The fourth-order valence-electron chi connectivity index (χ4n) is 4.59. The number of piperidine rings is 1. The fraction of sp³-hybridized carbons (Fsp3) is 0.385. The zero-order valence-electron chi connectivity index (χ0n) is 19.6. The van der Waals surface area contributed by atoms with Crippen LogP contribution in [-0.2, 0) is 36.5 Å². The molecule has 0 aliphatic carbocycles. The molecule has 1 atom stereocenters. The van der Waals surface area contributed by atoms with Crippen molar-refractivity contribution < 1.29 is 22.7 Å². The Hall–Kier alpha value is -3.13. The lowest BCUT2D eigenvalue weighted by atomic mass is 9.98. The summed E-state index contributed by atoms with van der Waals surface area (Å²) in [6, 6.07) is 14.7. The van der Waals surface area contributed by atoms with Crippen molar-refractivity contribution in [3.8, 4) is 0 Å². The summed E-state index contributed by atoms with van der Waals surface area (Å²) in [7, 11) is -3.63. The van der Waals surface area contributed by atoms with E-state index in [1.807, 2.05) is 43.3 Å². The molecule has 1 fully saturated rings. The van der Waals surface area contributed by atoms with Crippen molar-refractivity contribution in [3.05, 3.63) is 65.9 Å². The number of carbonyl (C=O) groups excluding carboxylic acids is 2. The second-order valence-electron chi connectivity index (χ2n) is 8.82.